The number of rotatable bonds is 5. The molecule has 5 nitrogen and oxygen atoms in total. The molecule has 3 rings (SSSR count). The van der Waals surface area contributed by atoms with Crippen LogP contribution in [0.25, 0.3) is 0 Å². The third-order valence-electron chi connectivity index (χ3n) is 5.02. The zero-order valence-electron chi connectivity index (χ0n) is 15.1. The van der Waals surface area contributed by atoms with Crippen molar-refractivity contribution < 1.29 is 13.2 Å². The highest BCUT2D eigenvalue weighted by molar-refractivity contribution is 5.29. The minimum Gasteiger partial charge on any atom is -0.303 e. The summed E-state index contributed by atoms with van der Waals surface area (Å²) in [5.74, 6) is 0.0883. The molecule has 0 spiro atoms. The number of alkyl halides is 3. The number of halogens is 3. The molecule has 1 aliphatic rings. The molecule has 1 aromatic carbocycles. The normalized spacial score (nSPS) is 18.1. The van der Waals surface area contributed by atoms with Gasteiger partial charge in [-0.3, -0.25) is 9.78 Å². The number of nitrogens with one attached hydrogen (secondary N) is 1. The van der Waals surface area contributed by atoms with E-state index < -0.39 is 17.4 Å². The van der Waals surface area contributed by atoms with Crippen LogP contribution in [0.3, 0.4) is 0 Å². The Kier molecular flexibility index (Phi) is 5.55. The Hall–Kier alpha value is -2.35. The lowest BCUT2D eigenvalue weighted by Crippen LogP contribution is -2.32. The molecular formula is C19H22F3N3O2. The van der Waals surface area contributed by atoms with Crippen LogP contribution in [-0.2, 0) is 12.7 Å². The summed E-state index contributed by atoms with van der Waals surface area (Å²) >= 11 is 0. The van der Waals surface area contributed by atoms with Gasteiger partial charge in [-0.1, -0.05) is 18.2 Å². The van der Waals surface area contributed by atoms with Crippen molar-refractivity contribution in [1.82, 2.24) is 14.5 Å². The van der Waals surface area contributed by atoms with Crippen LogP contribution < -0.4 is 11.2 Å². The van der Waals surface area contributed by atoms with Crippen LogP contribution in [0.1, 0.15) is 35.4 Å². The average Bonchev–Trinajstić information content (AvgIpc) is 3.08. The smallest absolute Gasteiger partial charge is 0.303 e. The second-order valence-corrected chi connectivity index (χ2v) is 7.03. The van der Waals surface area contributed by atoms with E-state index >= 15 is 0 Å². The molecule has 0 saturated carbocycles. The number of aromatic nitrogens is 2. The Balaban J connectivity index is 1.56. The highest BCUT2D eigenvalue weighted by atomic mass is 19.4. The fraction of sp³-hybridized carbons (Fsp3) is 0.474. The zero-order chi connectivity index (χ0) is 19.6. The Bertz CT molecular complexity index is 917. The number of likely N-dealkylation sites (tertiary alicyclic amines) is 1. The lowest BCUT2D eigenvalue weighted by atomic mass is 9.96. The first-order valence-electron chi connectivity index (χ1n) is 8.94. The van der Waals surface area contributed by atoms with Crippen molar-refractivity contribution >= 4 is 0 Å². The van der Waals surface area contributed by atoms with Gasteiger partial charge in [0.05, 0.1) is 5.56 Å². The molecule has 1 saturated heterocycles. The molecule has 0 bridgehead atoms. The quantitative estimate of drug-likeness (QED) is 0.867. The van der Waals surface area contributed by atoms with Gasteiger partial charge in [-0.25, -0.2) is 4.79 Å². The van der Waals surface area contributed by atoms with Gasteiger partial charge in [0.1, 0.15) is 0 Å². The molecule has 27 heavy (non-hydrogen) atoms. The van der Waals surface area contributed by atoms with Gasteiger partial charge in [0, 0.05) is 24.8 Å². The van der Waals surface area contributed by atoms with E-state index in [1.165, 1.54) is 16.7 Å². The summed E-state index contributed by atoms with van der Waals surface area (Å²) < 4.78 is 40.1. The Morgan fingerprint density at radius 1 is 1.22 bits per heavy atom. The fourth-order valence-corrected chi connectivity index (χ4v) is 3.53. The van der Waals surface area contributed by atoms with Gasteiger partial charge in [0.15, 0.2) is 0 Å². The second kappa shape index (κ2) is 7.72. The monoisotopic (exact) mass is 381 g/mol. The highest BCUT2D eigenvalue weighted by Crippen LogP contribution is 2.33. The van der Waals surface area contributed by atoms with Crippen molar-refractivity contribution in [2.24, 2.45) is 0 Å². The zero-order valence-corrected chi connectivity index (χ0v) is 15.1. The number of aromatic amines is 1. The van der Waals surface area contributed by atoms with Crippen molar-refractivity contribution in [3.05, 3.63) is 68.0 Å². The Morgan fingerprint density at radius 3 is 2.74 bits per heavy atom. The lowest BCUT2D eigenvalue weighted by Gasteiger charge is -2.17. The van der Waals surface area contributed by atoms with Gasteiger partial charge >= 0.3 is 11.9 Å². The summed E-state index contributed by atoms with van der Waals surface area (Å²) in [6.07, 6.45) is -1.23. The standard InChI is InChI=1S/C19H22F3N3O2/c1-13-11-25(18(27)23-17(13)26)8-3-7-24-9-6-15(12-24)14-4-2-5-16(10-14)19(20,21)22/h2,4-5,10-11,15H,3,6-9,12H2,1H3,(H,23,26,27)/t15-/m1/s1. The SMILES string of the molecule is Cc1cn(CCCN2CC[C@@H](c3cccc(C(F)(F)F)c3)C2)c(=O)[nH]c1=O. The first kappa shape index (κ1) is 19.4. The molecule has 2 aromatic rings. The number of hydrogen-bond donors (Lipinski definition) is 1. The number of nitrogens with zero attached hydrogens (tertiary/aromatic N) is 2. The van der Waals surface area contributed by atoms with Gasteiger partial charge in [0.2, 0.25) is 0 Å². The molecule has 0 radical (unpaired) electrons. The van der Waals surface area contributed by atoms with Crippen LogP contribution in [0, 0.1) is 6.92 Å². The van der Waals surface area contributed by atoms with Gasteiger partial charge in [-0.2, -0.15) is 13.2 Å². The summed E-state index contributed by atoms with van der Waals surface area (Å²) in [5.41, 5.74) is -0.194. The fourth-order valence-electron chi connectivity index (χ4n) is 3.53. The molecule has 1 N–H and O–H groups in total. The van der Waals surface area contributed by atoms with Crippen molar-refractivity contribution in [3.8, 4) is 0 Å². The number of benzene rings is 1. The third kappa shape index (κ3) is 4.68. The minimum absolute atomic E-state index is 0.0883. The summed E-state index contributed by atoms with van der Waals surface area (Å²) in [5, 5.41) is 0. The van der Waals surface area contributed by atoms with Crippen LogP contribution in [0.4, 0.5) is 13.2 Å². The molecule has 0 amide bonds. The van der Waals surface area contributed by atoms with Crippen molar-refractivity contribution in [2.45, 2.75) is 38.4 Å². The van der Waals surface area contributed by atoms with Crippen LogP contribution >= 0.6 is 0 Å². The van der Waals surface area contributed by atoms with Crippen LogP contribution in [0.5, 0.6) is 0 Å². The molecule has 1 aromatic heterocycles. The van der Waals surface area contributed by atoms with Crippen molar-refractivity contribution in [1.29, 1.82) is 0 Å². The largest absolute Gasteiger partial charge is 0.416 e. The Morgan fingerprint density at radius 2 is 2.00 bits per heavy atom. The van der Waals surface area contributed by atoms with Crippen molar-refractivity contribution in [2.75, 3.05) is 19.6 Å². The Labute approximate surface area is 154 Å². The molecule has 8 heteroatoms. The summed E-state index contributed by atoms with van der Waals surface area (Å²) in [4.78, 5) is 27.6. The van der Waals surface area contributed by atoms with Crippen LogP contribution in [0.2, 0.25) is 0 Å². The maximum Gasteiger partial charge on any atom is 0.416 e. The second-order valence-electron chi connectivity index (χ2n) is 7.03. The predicted molar refractivity (Wildman–Crippen MR) is 95.9 cm³/mol. The number of hydrogen-bond acceptors (Lipinski definition) is 3. The molecule has 0 unspecified atom stereocenters. The summed E-state index contributed by atoms with van der Waals surface area (Å²) in [7, 11) is 0. The molecule has 1 fully saturated rings. The van der Waals surface area contributed by atoms with E-state index in [2.05, 4.69) is 9.88 Å². The average molecular weight is 381 g/mol. The van der Waals surface area contributed by atoms with E-state index in [-0.39, 0.29) is 11.5 Å². The molecule has 1 aliphatic heterocycles. The summed E-state index contributed by atoms with van der Waals surface area (Å²) in [6, 6.07) is 5.56. The molecule has 2 heterocycles. The van der Waals surface area contributed by atoms with Crippen molar-refractivity contribution in [3.63, 3.8) is 0 Å². The first-order chi connectivity index (χ1) is 12.7. The maximum atomic E-state index is 12.9. The molecule has 1 atom stereocenters. The number of H-pyrrole nitrogens is 1. The van der Waals surface area contributed by atoms with E-state index in [4.69, 9.17) is 0 Å². The van der Waals surface area contributed by atoms with Crippen LogP contribution in [-0.4, -0.2) is 34.1 Å². The molecule has 146 valence electrons. The summed E-state index contributed by atoms with van der Waals surface area (Å²) in [6.45, 7) is 4.41. The molecular weight excluding hydrogens is 359 g/mol. The van der Waals surface area contributed by atoms with Gasteiger partial charge in [-0.15, -0.1) is 0 Å². The van der Waals surface area contributed by atoms with Gasteiger partial charge in [0.25, 0.3) is 5.56 Å². The van der Waals surface area contributed by atoms with Crippen LogP contribution in [0.15, 0.2) is 40.1 Å². The van der Waals surface area contributed by atoms with E-state index in [1.807, 2.05) is 0 Å². The third-order valence-corrected chi connectivity index (χ3v) is 5.02. The first-order valence-corrected chi connectivity index (χ1v) is 8.94. The van der Waals surface area contributed by atoms with Gasteiger partial charge in [-0.05, 0) is 50.4 Å². The lowest BCUT2D eigenvalue weighted by molar-refractivity contribution is -0.137. The van der Waals surface area contributed by atoms with E-state index in [1.54, 1.807) is 19.2 Å². The highest BCUT2D eigenvalue weighted by Gasteiger charge is 2.32. The van der Waals surface area contributed by atoms with E-state index in [9.17, 15) is 22.8 Å². The predicted octanol–water partition coefficient (Wildman–Crippen LogP) is 2.74. The minimum atomic E-state index is -4.32. The maximum absolute atomic E-state index is 12.9. The number of aryl methyl sites for hydroxylation is 2. The van der Waals surface area contributed by atoms with E-state index in [0.29, 0.717) is 18.7 Å². The topological polar surface area (TPSA) is 58.1 Å². The van der Waals surface area contributed by atoms with E-state index in [0.717, 1.165) is 37.6 Å². The van der Waals surface area contributed by atoms with Gasteiger partial charge < -0.3 is 9.47 Å². The molecule has 0 aliphatic carbocycles.